The number of carboxylic acids is 1. The lowest BCUT2D eigenvalue weighted by Crippen LogP contribution is -2.25. The van der Waals surface area contributed by atoms with E-state index < -0.39 is 5.97 Å². The Labute approximate surface area is 158 Å². The van der Waals surface area contributed by atoms with Gasteiger partial charge in [-0.25, -0.2) is 4.79 Å². The van der Waals surface area contributed by atoms with Gasteiger partial charge in [0, 0.05) is 33.0 Å². The molecule has 0 unspecified atom stereocenters. The number of fused-ring (bicyclic) bond motifs is 1. The zero-order valence-corrected chi connectivity index (χ0v) is 15.6. The number of carbonyl (C=O) groups is 2. The van der Waals surface area contributed by atoms with Gasteiger partial charge in [-0.15, -0.1) is 0 Å². The molecular weight excluding hydrogens is 400 g/mol. The number of aromatic nitrogens is 1. The van der Waals surface area contributed by atoms with E-state index in [1.165, 1.54) is 0 Å². The predicted molar refractivity (Wildman–Crippen MR) is 102 cm³/mol. The second kappa shape index (κ2) is 7.61. The number of H-pyrrole nitrogens is 1. The molecule has 2 aromatic carbocycles. The van der Waals surface area contributed by atoms with Gasteiger partial charge in [0.1, 0.15) is 11.4 Å². The monoisotopic (exact) mass is 416 g/mol. The Morgan fingerprint density at radius 2 is 2.00 bits per heavy atom. The zero-order chi connectivity index (χ0) is 18.7. The minimum atomic E-state index is -1.09. The second-order valence-electron chi connectivity index (χ2n) is 5.74. The van der Waals surface area contributed by atoms with Gasteiger partial charge < -0.3 is 20.1 Å². The molecule has 1 aromatic heterocycles. The molecule has 0 atom stereocenters. The fraction of sp³-hybridized carbons (Fsp3) is 0.158. The summed E-state index contributed by atoms with van der Waals surface area (Å²) in [4.78, 5) is 26.8. The average molecular weight is 417 g/mol. The van der Waals surface area contributed by atoms with Crippen LogP contribution in [-0.4, -0.2) is 29.1 Å². The van der Waals surface area contributed by atoms with Crippen molar-refractivity contribution in [3.63, 3.8) is 0 Å². The van der Waals surface area contributed by atoms with Crippen molar-refractivity contribution in [2.75, 3.05) is 7.11 Å². The van der Waals surface area contributed by atoms with Crippen LogP contribution in [0.25, 0.3) is 10.9 Å². The third kappa shape index (κ3) is 3.72. The van der Waals surface area contributed by atoms with Crippen LogP contribution in [-0.2, 0) is 17.8 Å². The number of aromatic amines is 1. The van der Waals surface area contributed by atoms with E-state index in [0.717, 1.165) is 15.4 Å². The Morgan fingerprint density at radius 3 is 2.73 bits per heavy atom. The summed E-state index contributed by atoms with van der Waals surface area (Å²) in [5.74, 6) is -0.677. The van der Waals surface area contributed by atoms with E-state index in [4.69, 9.17) is 4.74 Å². The van der Waals surface area contributed by atoms with Crippen LogP contribution >= 0.6 is 15.9 Å². The maximum Gasteiger partial charge on any atom is 0.352 e. The zero-order valence-electron chi connectivity index (χ0n) is 14.0. The smallest absolute Gasteiger partial charge is 0.352 e. The summed E-state index contributed by atoms with van der Waals surface area (Å²) in [5, 5.41) is 13.0. The molecule has 1 amide bonds. The number of benzene rings is 2. The van der Waals surface area contributed by atoms with Gasteiger partial charge >= 0.3 is 5.97 Å². The number of carbonyl (C=O) groups excluding carboxylic acids is 1. The lowest BCUT2D eigenvalue weighted by atomic mass is 10.1. The molecule has 0 saturated heterocycles. The SMILES string of the molecule is COc1ccc(Br)cc1CNC(=O)Cc1c(C(=O)O)[nH]c2ccccc12. The molecule has 26 heavy (non-hydrogen) atoms. The predicted octanol–water partition coefficient (Wildman–Crippen LogP) is 3.50. The molecule has 0 aliphatic heterocycles. The van der Waals surface area contributed by atoms with Crippen LogP contribution in [0.3, 0.4) is 0 Å². The molecule has 3 rings (SSSR count). The third-order valence-electron chi connectivity index (χ3n) is 4.08. The Balaban J connectivity index is 1.79. The third-order valence-corrected chi connectivity index (χ3v) is 4.58. The van der Waals surface area contributed by atoms with E-state index in [-0.39, 0.29) is 24.6 Å². The lowest BCUT2D eigenvalue weighted by Gasteiger charge is -2.10. The summed E-state index contributed by atoms with van der Waals surface area (Å²) >= 11 is 3.40. The van der Waals surface area contributed by atoms with Crippen LogP contribution in [0.2, 0.25) is 0 Å². The summed E-state index contributed by atoms with van der Waals surface area (Å²) in [6.07, 6.45) is -0.0258. The van der Waals surface area contributed by atoms with Crippen molar-refractivity contribution < 1.29 is 19.4 Å². The Kier molecular flexibility index (Phi) is 5.27. The average Bonchev–Trinajstić information content (AvgIpc) is 2.99. The van der Waals surface area contributed by atoms with Crippen molar-refractivity contribution in [2.24, 2.45) is 0 Å². The lowest BCUT2D eigenvalue weighted by molar-refractivity contribution is -0.120. The van der Waals surface area contributed by atoms with E-state index in [1.807, 2.05) is 30.3 Å². The molecule has 0 aliphatic rings. The van der Waals surface area contributed by atoms with Crippen molar-refractivity contribution in [1.29, 1.82) is 0 Å². The number of hydrogen-bond acceptors (Lipinski definition) is 3. The van der Waals surface area contributed by atoms with E-state index in [2.05, 4.69) is 26.2 Å². The molecule has 3 aromatic rings. The first-order chi connectivity index (χ1) is 12.5. The van der Waals surface area contributed by atoms with Crippen molar-refractivity contribution in [3.05, 3.63) is 63.8 Å². The van der Waals surface area contributed by atoms with Gasteiger partial charge in [0.05, 0.1) is 13.5 Å². The number of ether oxygens (including phenoxy) is 1. The summed E-state index contributed by atoms with van der Waals surface area (Å²) in [6, 6.07) is 12.8. The van der Waals surface area contributed by atoms with E-state index >= 15 is 0 Å². The van der Waals surface area contributed by atoms with Gasteiger partial charge in [-0.3, -0.25) is 4.79 Å². The van der Waals surface area contributed by atoms with E-state index in [0.29, 0.717) is 16.8 Å². The normalized spacial score (nSPS) is 10.7. The molecule has 7 heteroatoms. The molecular formula is C19H17BrN2O4. The minimum absolute atomic E-state index is 0.0258. The Hall–Kier alpha value is -2.80. The first-order valence-corrected chi connectivity index (χ1v) is 8.71. The summed E-state index contributed by atoms with van der Waals surface area (Å²) in [7, 11) is 1.57. The van der Waals surface area contributed by atoms with Crippen LogP contribution < -0.4 is 10.1 Å². The van der Waals surface area contributed by atoms with Crippen molar-refractivity contribution in [3.8, 4) is 5.75 Å². The first-order valence-electron chi connectivity index (χ1n) is 7.91. The molecule has 0 saturated carbocycles. The molecule has 0 fully saturated rings. The second-order valence-corrected chi connectivity index (χ2v) is 6.65. The Bertz CT molecular complexity index is 981. The first kappa shape index (κ1) is 18.0. The molecule has 1 heterocycles. The topological polar surface area (TPSA) is 91.4 Å². The van der Waals surface area contributed by atoms with Crippen LogP contribution in [0.4, 0.5) is 0 Å². The highest BCUT2D eigenvalue weighted by atomic mass is 79.9. The van der Waals surface area contributed by atoms with Gasteiger partial charge in [0.2, 0.25) is 5.91 Å². The fourth-order valence-electron chi connectivity index (χ4n) is 2.87. The maximum absolute atomic E-state index is 12.4. The number of amides is 1. The minimum Gasteiger partial charge on any atom is -0.496 e. The van der Waals surface area contributed by atoms with Gasteiger partial charge in [-0.05, 0) is 24.3 Å². The van der Waals surface area contributed by atoms with Crippen LogP contribution in [0.15, 0.2) is 46.9 Å². The molecule has 3 N–H and O–H groups in total. The van der Waals surface area contributed by atoms with Crippen molar-refractivity contribution in [1.82, 2.24) is 10.3 Å². The summed E-state index contributed by atoms with van der Waals surface area (Å²) in [6.45, 7) is 0.284. The van der Waals surface area contributed by atoms with Crippen LogP contribution in [0.1, 0.15) is 21.6 Å². The molecule has 0 spiro atoms. The number of para-hydroxylation sites is 1. The number of halogens is 1. The molecule has 0 radical (unpaired) electrons. The number of carboxylic acid groups (broad SMARTS) is 1. The number of aromatic carboxylic acids is 1. The van der Waals surface area contributed by atoms with Crippen LogP contribution in [0, 0.1) is 0 Å². The van der Waals surface area contributed by atoms with Gasteiger partial charge in [0.15, 0.2) is 0 Å². The summed E-state index contributed by atoms with van der Waals surface area (Å²) < 4.78 is 6.17. The van der Waals surface area contributed by atoms with Gasteiger partial charge in [0.25, 0.3) is 0 Å². The van der Waals surface area contributed by atoms with Gasteiger partial charge in [-0.2, -0.15) is 0 Å². The number of hydrogen-bond donors (Lipinski definition) is 3. The fourth-order valence-corrected chi connectivity index (χ4v) is 3.28. The van der Waals surface area contributed by atoms with Gasteiger partial charge in [-0.1, -0.05) is 34.1 Å². The number of rotatable bonds is 6. The molecule has 0 aliphatic carbocycles. The van der Waals surface area contributed by atoms with E-state index in [1.54, 1.807) is 19.2 Å². The quantitative estimate of drug-likeness (QED) is 0.573. The van der Waals surface area contributed by atoms with Crippen LogP contribution in [0.5, 0.6) is 5.75 Å². The Morgan fingerprint density at radius 1 is 1.23 bits per heavy atom. The molecule has 0 bridgehead atoms. The number of methoxy groups -OCH3 is 1. The highest BCUT2D eigenvalue weighted by molar-refractivity contribution is 9.10. The standard InChI is InChI=1S/C19H17BrN2O4/c1-26-16-7-6-12(20)8-11(16)10-21-17(23)9-14-13-4-2-3-5-15(13)22-18(14)19(24)25/h2-8,22H,9-10H2,1H3,(H,21,23)(H,24,25). The van der Waals surface area contributed by atoms with E-state index in [9.17, 15) is 14.7 Å². The number of nitrogens with one attached hydrogen (secondary N) is 2. The van der Waals surface area contributed by atoms with Crippen molar-refractivity contribution in [2.45, 2.75) is 13.0 Å². The molecule has 134 valence electrons. The highest BCUT2D eigenvalue weighted by Crippen LogP contribution is 2.24. The molecule has 6 nitrogen and oxygen atoms in total. The largest absolute Gasteiger partial charge is 0.496 e. The highest BCUT2D eigenvalue weighted by Gasteiger charge is 2.19. The van der Waals surface area contributed by atoms with Crippen molar-refractivity contribution >= 4 is 38.7 Å². The maximum atomic E-state index is 12.4. The summed E-state index contributed by atoms with van der Waals surface area (Å²) in [5.41, 5.74) is 2.04.